The number of rotatable bonds is 6. The van der Waals surface area contributed by atoms with Gasteiger partial charge in [0.1, 0.15) is 5.69 Å². The fourth-order valence-electron chi connectivity index (χ4n) is 3.18. The highest BCUT2D eigenvalue weighted by Gasteiger charge is 2.31. The maximum Gasteiger partial charge on any atom is 0.322 e. The van der Waals surface area contributed by atoms with Crippen molar-refractivity contribution in [2.24, 2.45) is 5.92 Å². The molecule has 1 aromatic rings. The van der Waals surface area contributed by atoms with Crippen LogP contribution in [0.1, 0.15) is 61.6 Å². The molecule has 0 spiro atoms. The Morgan fingerprint density at radius 2 is 2.17 bits per heavy atom. The maximum absolute atomic E-state index is 12.4. The van der Waals surface area contributed by atoms with Crippen LogP contribution in [0.3, 0.4) is 0 Å². The molecule has 8 heteroatoms. The Bertz CT molecular complexity index is 558. The van der Waals surface area contributed by atoms with E-state index in [0.717, 1.165) is 38.5 Å². The number of aromatic amines is 1. The van der Waals surface area contributed by atoms with Gasteiger partial charge in [0, 0.05) is 18.6 Å². The summed E-state index contributed by atoms with van der Waals surface area (Å²) in [6.45, 7) is 1.91. The minimum Gasteiger partial charge on any atom is -0.396 e. The highest BCUT2D eigenvalue weighted by atomic mass is 16.6. The molecule has 0 bridgehead atoms. The molecule has 2 rings (SSSR count). The van der Waals surface area contributed by atoms with Crippen LogP contribution in [0.4, 0.5) is 5.69 Å². The second kappa shape index (κ2) is 8.05. The molecular formula is C15H24N4O4. The van der Waals surface area contributed by atoms with E-state index in [2.05, 4.69) is 15.5 Å². The Kier molecular flexibility index (Phi) is 6.09. The topological polar surface area (TPSA) is 121 Å². The van der Waals surface area contributed by atoms with E-state index in [1.165, 1.54) is 0 Å². The Labute approximate surface area is 134 Å². The van der Waals surface area contributed by atoms with Gasteiger partial charge in [0.05, 0.1) is 4.92 Å². The maximum atomic E-state index is 12.4. The lowest BCUT2D eigenvalue weighted by atomic mass is 9.95. The van der Waals surface area contributed by atoms with Gasteiger partial charge in [-0.2, -0.15) is 5.10 Å². The number of H-pyrrole nitrogens is 1. The number of nitro groups is 1. The summed E-state index contributed by atoms with van der Waals surface area (Å²) in [5.41, 5.74) is -0.0277. The summed E-state index contributed by atoms with van der Waals surface area (Å²) in [5.74, 6) is -0.546. The molecule has 1 aliphatic carbocycles. The van der Waals surface area contributed by atoms with Crippen molar-refractivity contribution in [1.82, 2.24) is 15.5 Å². The molecule has 1 saturated carbocycles. The average Bonchev–Trinajstić information content (AvgIpc) is 2.81. The standard InChI is InChI=1S/C15H24N4O4/c1-2-6-12-14(19(22)23)13(18-17-12)15(21)16-11-8-5-3-4-7-10(11)9-20/h10-11,20H,2-9H2,1H3,(H,16,21)(H,17,18). The number of carbonyl (C=O) groups excluding carboxylic acids is 1. The van der Waals surface area contributed by atoms with Crippen LogP contribution in [-0.4, -0.2) is 38.8 Å². The molecule has 1 fully saturated rings. The second-order valence-corrected chi connectivity index (χ2v) is 6.07. The first kappa shape index (κ1) is 17.4. The van der Waals surface area contributed by atoms with E-state index in [-0.39, 0.29) is 29.9 Å². The predicted octanol–water partition coefficient (Wildman–Crippen LogP) is 1.94. The highest BCUT2D eigenvalue weighted by molar-refractivity contribution is 5.96. The first-order valence-electron chi connectivity index (χ1n) is 8.21. The Morgan fingerprint density at radius 1 is 1.43 bits per heavy atom. The van der Waals surface area contributed by atoms with E-state index in [1.54, 1.807) is 0 Å². The number of nitrogens with zero attached hydrogens (tertiary/aromatic N) is 2. The molecule has 1 amide bonds. The number of aryl methyl sites for hydroxylation is 1. The lowest BCUT2D eigenvalue weighted by Crippen LogP contribution is -2.41. The fourth-order valence-corrected chi connectivity index (χ4v) is 3.18. The third-order valence-corrected chi connectivity index (χ3v) is 4.42. The van der Waals surface area contributed by atoms with E-state index in [9.17, 15) is 20.0 Å². The second-order valence-electron chi connectivity index (χ2n) is 6.07. The molecule has 128 valence electrons. The summed E-state index contributed by atoms with van der Waals surface area (Å²) < 4.78 is 0. The van der Waals surface area contributed by atoms with Crippen LogP contribution in [0.15, 0.2) is 0 Å². The SMILES string of the molecule is CCCc1[nH]nc(C(=O)NC2CCCCCC2CO)c1[N+](=O)[O-]. The van der Waals surface area contributed by atoms with Crippen LogP contribution in [0.25, 0.3) is 0 Å². The van der Waals surface area contributed by atoms with Gasteiger partial charge in [0.2, 0.25) is 5.69 Å². The number of carbonyl (C=O) groups is 1. The number of aliphatic hydroxyl groups is 1. The summed E-state index contributed by atoms with van der Waals surface area (Å²) >= 11 is 0. The summed E-state index contributed by atoms with van der Waals surface area (Å²) in [6.07, 6.45) is 5.90. The van der Waals surface area contributed by atoms with Gasteiger partial charge in [-0.15, -0.1) is 0 Å². The zero-order valence-corrected chi connectivity index (χ0v) is 13.4. The first-order valence-corrected chi connectivity index (χ1v) is 8.21. The minimum absolute atomic E-state index is 0.00504. The van der Waals surface area contributed by atoms with Crippen molar-refractivity contribution in [3.05, 3.63) is 21.5 Å². The molecule has 3 N–H and O–H groups in total. The van der Waals surface area contributed by atoms with Gasteiger partial charge in [0.15, 0.2) is 0 Å². The van der Waals surface area contributed by atoms with Crippen molar-refractivity contribution in [3.63, 3.8) is 0 Å². The van der Waals surface area contributed by atoms with Gasteiger partial charge >= 0.3 is 5.69 Å². The Balaban J connectivity index is 2.18. The lowest BCUT2D eigenvalue weighted by molar-refractivity contribution is -0.385. The third-order valence-electron chi connectivity index (χ3n) is 4.42. The van der Waals surface area contributed by atoms with E-state index in [0.29, 0.717) is 12.1 Å². The molecule has 1 heterocycles. The van der Waals surface area contributed by atoms with Gasteiger partial charge in [0.25, 0.3) is 5.91 Å². The van der Waals surface area contributed by atoms with Crippen molar-refractivity contribution < 1.29 is 14.8 Å². The molecule has 0 saturated heterocycles. The van der Waals surface area contributed by atoms with Gasteiger partial charge in [-0.25, -0.2) is 0 Å². The summed E-state index contributed by atoms with van der Waals surface area (Å²) in [7, 11) is 0. The molecule has 0 aromatic carbocycles. The largest absolute Gasteiger partial charge is 0.396 e. The molecular weight excluding hydrogens is 300 g/mol. The van der Waals surface area contributed by atoms with E-state index < -0.39 is 10.8 Å². The van der Waals surface area contributed by atoms with Crippen LogP contribution in [0.5, 0.6) is 0 Å². The van der Waals surface area contributed by atoms with Gasteiger partial charge in [-0.1, -0.05) is 32.6 Å². The van der Waals surface area contributed by atoms with Gasteiger partial charge in [-0.05, 0) is 19.3 Å². The number of hydrogen-bond acceptors (Lipinski definition) is 5. The fraction of sp³-hybridized carbons (Fsp3) is 0.733. The molecule has 23 heavy (non-hydrogen) atoms. The average molecular weight is 324 g/mol. The monoisotopic (exact) mass is 324 g/mol. The van der Waals surface area contributed by atoms with Crippen molar-refractivity contribution in [1.29, 1.82) is 0 Å². The lowest BCUT2D eigenvalue weighted by Gasteiger charge is -2.23. The first-order chi connectivity index (χ1) is 11.1. The number of hydrogen-bond donors (Lipinski definition) is 3. The molecule has 2 atom stereocenters. The van der Waals surface area contributed by atoms with Crippen molar-refractivity contribution >= 4 is 11.6 Å². The van der Waals surface area contributed by atoms with Crippen LogP contribution in [-0.2, 0) is 6.42 Å². The molecule has 0 aliphatic heterocycles. The zero-order valence-electron chi connectivity index (χ0n) is 13.4. The smallest absolute Gasteiger partial charge is 0.322 e. The van der Waals surface area contributed by atoms with Gasteiger partial charge in [-0.3, -0.25) is 20.0 Å². The van der Waals surface area contributed by atoms with E-state index >= 15 is 0 Å². The Morgan fingerprint density at radius 3 is 2.83 bits per heavy atom. The summed E-state index contributed by atoms with van der Waals surface area (Å²) in [6, 6.07) is -0.166. The van der Waals surface area contributed by atoms with Crippen molar-refractivity contribution in [3.8, 4) is 0 Å². The molecule has 2 unspecified atom stereocenters. The highest BCUT2D eigenvalue weighted by Crippen LogP contribution is 2.26. The van der Waals surface area contributed by atoms with Crippen LogP contribution in [0, 0.1) is 16.0 Å². The summed E-state index contributed by atoms with van der Waals surface area (Å²) in [4.78, 5) is 23.2. The Hall–Kier alpha value is -1.96. The molecule has 0 radical (unpaired) electrons. The quantitative estimate of drug-likeness (QED) is 0.419. The number of nitrogens with one attached hydrogen (secondary N) is 2. The molecule has 1 aliphatic rings. The van der Waals surface area contributed by atoms with E-state index in [4.69, 9.17) is 0 Å². The summed E-state index contributed by atoms with van der Waals surface area (Å²) in [5, 5.41) is 30.1. The zero-order chi connectivity index (χ0) is 16.8. The van der Waals surface area contributed by atoms with Crippen LogP contribution < -0.4 is 5.32 Å². The van der Waals surface area contributed by atoms with Crippen LogP contribution in [0.2, 0.25) is 0 Å². The van der Waals surface area contributed by atoms with Crippen molar-refractivity contribution in [2.45, 2.75) is 57.9 Å². The predicted molar refractivity (Wildman–Crippen MR) is 84.2 cm³/mol. The van der Waals surface area contributed by atoms with Crippen LogP contribution >= 0.6 is 0 Å². The molecule has 1 aromatic heterocycles. The number of aromatic nitrogens is 2. The third kappa shape index (κ3) is 4.07. The molecule has 8 nitrogen and oxygen atoms in total. The normalized spacial score (nSPS) is 21.7. The minimum atomic E-state index is -0.556. The van der Waals surface area contributed by atoms with Crippen molar-refractivity contribution in [2.75, 3.05) is 6.61 Å². The number of amides is 1. The van der Waals surface area contributed by atoms with E-state index in [1.807, 2.05) is 6.92 Å². The number of aliphatic hydroxyl groups excluding tert-OH is 1. The van der Waals surface area contributed by atoms with Gasteiger partial charge < -0.3 is 10.4 Å².